The Hall–Kier alpha value is -2.69. The fraction of sp³-hybridized carbons (Fsp3) is 0.417. The van der Waals surface area contributed by atoms with Gasteiger partial charge in [0, 0.05) is 64.7 Å². The number of aliphatic imine (C=N–C) groups is 1. The number of nitrogens with zero attached hydrogens (tertiary/aromatic N) is 4. The first kappa shape index (κ1) is 28.3. The number of amides is 2. The van der Waals surface area contributed by atoms with E-state index >= 15 is 0 Å². The number of benzene rings is 1. The van der Waals surface area contributed by atoms with E-state index in [9.17, 15) is 9.59 Å². The van der Waals surface area contributed by atoms with Crippen molar-refractivity contribution in [2.75, 3.05) is 47.3 Å². The Kier molecular flexibility index (Phi) is 13.1. The normalized spacial score (nSPS) is 10.7. The van der Waals surface area contributed by atoms with Crippen LogP contribution in [0, 0.1) is 0 Å². The molecule has 2 aromatic rings. The van der Waals surface area contributed by atoms with Crippen molar-refractivity contribution in [3.63, 3.8) is 0 Å². The molecule has 0 aliphatic heterocycles. The first-order valence-corrected chi connectivity index (χ1v) is 10.9. The summed E-state index contributed by atoms with van der Waals surface area (Å²) in [4.78, 5) is 36.5. The topological polar surface area (TPSA) is 89.9 Å². The molecule has 0 atom stereocenters. The molecule has 0 radical (unpaired) electrons. The number of aromatic nitrogens is 1. The van der Waals surface area contributed by atoms with Gasteiger partial charge in [-0.2, -0.15) is 0 Å². The number of rotatable bonds is 10. The standard InChI is InChI=1S/C24H34N6O2.HI/c1-5-25-24(27-15-12-19-9-8-10-20(17-19)23(32)29(2)3)28-18-22(31)30(4)16-13-21-11-6-7-14-26-21;/h6-11,14,17H,5,12-13,15-16,18H2,1-4H3,(H2,25,27,28);1H. The molecule has 2 amide bonds. The number of carbonyl (C=O) groups is 2. The van der Waals surface area contributed by atoms with Crippen molar-refractivity contribution in [3.05, 3.63) is 65.5 Å². The van der Waals surface area contributed by atoms with Crippen molar-refractivity contribution in [1.29, 1.82) is 0 Å². The third kappa shape index (κ3) is 10.2. The van der Waals surface area contributed by atoms with Crippen molar-refractivity contribution in [2.45, 2.75) is 19.8 Å². The van der Waals surface area contributed by atoms with Gasteiger partial charge in [-0.1, -0.05) is 18.2 Å². The molecule has 8 nitrogen and oxygen atoms in total. The molecule has 180 valence electrons. The second-order valence-corrected chi connectivity index (χ2v) is 7.66. The van der Waals surface area contributed by atoms with Gasteiger partial charge < -0.3 is 20.4 Å². The molecule has 0 saturated carbocycles. The van der Waals surface area contributed by atoms with E-state index in [0.29, 0.717) is 37.6 Å². The van der Waals surface area contributed by atoms with Crippen molar-refractivity contribution in [3.8, 4) is 0 Å². The Bertz CT molecular complexity index is 905. The lowest BCUT2D eigenvalue weighted by molar-refractivity contribution is -0.128. The van der Waals surface area contributed by atoms with Gasteiger partial charge in [0.1, 0.15) is 6.54 Å². The summed E-state index contributed by atoms with van der Waals surface area (Å²) in [5.41, 5.74) is 2.70. The largest absolute Gasteiger partial charge is 0.357 e. The van der Waals surface area contributed by atoms with E-state index < -0.39 is 0 Å². The van der Waals surface area contributed by atoms with Gasteiger partial charge in [0.25, 0.3) is 5.91 Å². The van der Waals surface area contributed by atoms with Gasteiger partial charge in [-0.25, -0.2) is 4.99 Å². The van der Waals surface area contributed by atoms with Gasteiger partial charge in [0.15, 0.2) is 5.96 Å². The molecule has 9 heteroatoms. The molecule has 0 bridgehead atoms. The number of nitrogens with one attached hydrogen (secondary N) is 2. The fourth-order valence-electron chi connectivity index (χ4n) is 3.01. The lowest BCUT2D eigenvalue weighted by Crippen LogP contribution is -2.39. The minimum atomic E-state index is -0.0481. The maximum Gasteiger partial charge on any atom is 0.253 e. The maximum atomic E-state index is 12.4. The minimum absolute atomic E-state index is 0. The molecule has 0 fully saturated rings. The molecule has 1 aromatic heterocycles. The highest BCUT2D eigenvalue weighted by Crippen LogP contribution is 2.07. The summed E-state index contributed by atoms with van der Waals surface area (Å²) in [7, 11) is 5.27. The summed E-state index contributed by atoms with van der Waals surface area (Å²) in [5.74, 6) is 0.535. The molecule has 0 spiro atoms. The van der Waals surface area contributed by atoms with Gasteiger partial charge in [0.2, 0.25) is 5.91 Å². The van der Waals surface area contributed by atoms with Crippen LogP contribution in [-0.4, -0.2) is 79.9 Å². The van der Waals surface area contributed by atoms with Crippen LogP contribution in [0.1, 0.15) is 28.5 Å². The van der Waals surface area contributed by atoms with Crippen molar-refractivity contribution >= 4 is 41.8 Å². The second-order valence-electron chi connectivity index (χ2n) is 7.66. The zero-order valence-corrected chi connectivity index (χ0v) is 22.2. The van der Waals surface area contributed by atoms with Gasteiger partial charge in [-0.15, -0.1) is 24.0 Å². The number of hydrogen-bond acceptors (Lipinski definition) is 4. The summed E-state index contributed by atoms with van der Waals surface area (Å²) in [6.07, 6.45) is 3.20. The van der Waals surface area contributed by atoms with Crippen molar-refractivity contribution < 1.29 is 9.59 Å². The molecule has 2 N–H and O–H groups in total. The van der Waals surface area contributed by atoms with Crippen LogP contribution in [0.3, 0.4) is 0 Å². The highest BCUT2D eigenvalue weighted by atomic mass is 127. The van der Waals surface area contributed by atoms with Gasteiger partial charge in [-0.05, 0) is 43.2 Å². The van der Waals surface area contributed by atoms with E-state index in [4.69, 9.17) is 0 Å². The molecule has 0 saturated heterocycles. The first-order chi connectivity index (χ1) is 15.4. The lowest BCUT2D eigenvalue weighted by Gasteiger charge is -2.17. The van der Waals surface area contributed by atoms with Gasteiger partial charge in [0.05, 0.1) is 0 Å². The number of carbonyl (C=O) groups excluding carboxylic acids is 2. The Balaban J connectivity index is 0.00000544. The van der Waals surface area contributed by atoms with E-state index in [1.165, 1.54) is 0 Å². The third-order valence-electron chi connectivity index (χ3n) is 4.86. The van der Waals surface area contributed by atoms with Gasteiger partial charge in [-0.3, -0.25) is 14.6 Å². The number of pyridine rings is 1. The highest BCUT2D eigenvalue weighted by Gasteiger charge is 2.10. The number of hydrogen-bond donors (Lipinski definition) is 2. The fourth-order valence-corrected chi connectivity index (χ4v) is 3.01. The van der Waals surface area contributed by atoms with E-state index in [1.54, 1.807) is 37.1 Å². The molecule has 0 unspecified atom stereocenters. The predicted octanol–water partition coefficient (Wildman–Crippen LogP) is 2.20. The Morgan fingerprint density at radius 2 is 1.82 bits per heavy atom. The number of likely N-dealkylation sites (N-methyl/N-ethyl adjacent to an activating group) is 1. The van der Waals surface area contributed by atoms with Crippen LogP contribution in [0.15, 0.2) is 53.7 Å². The minimum Gasteiger partial charge on any atom is -0.357 e. The summed E-state index contributed by atoms with van der Waals surface area (Å²) in [6, 6.07) is 13.4. The van der Waals surface area contributed by atoms with Crippen LogP contribution in [0.2, 0.25) is 0 Å². The van der Waals surface area contributed by atoms with Crippen LogP contribution in [-0.2, 0) is 17.6 Å². The lowest BCUT2D eigenvalue weighted by atomic mass is 10.1. The average Bonchev–Trinajstić information content (AvgIpc) is 2.81. The highest BCUT2D eigenvalue weighted by molar-refractivity contribution is 14.0. The van der Waals surface area contributed by atoms with E-state index in [0.717, 1.165) is 17.7 Å². The van der Waals surface area contributed by atoms with E-state index in [1.807, 2.05) is 49.4 Å². The quantitative estimate of drug-likeness (QED) is 0.262. The van der Waals surface area contributed by atoms with Crippen LogP contribution in [0.5, 0.6) is 0 Å². The zero-order valence-electron chi connectivity index (χ0n) is 19.9. The molecule has 1 aromatic carbocycles. The molecule has 0 aliphatic rings. The second kappa shape index (κ2) is 15.2. The summed E-state index contributed by atoms with van der Waals surface area (Å²) < 4.78 is 0. The van der Waals surface area contributed by atoms with E-state index in [-0.39, 0.29) is 42.3 Å². The number of guanidine groups is 1. The zero-order chi connectivity index (χ0) is 23.3. The van der Waals surface area contributed by atoms with Crippen molar-refractivity contribution in [1.82, 2.24) is 25.4 Å². The molecule has 33 heavy (non-hydrogen) atoms. The smallest absolute Gasteiger partial charge is 0.253 e. The first-order valence-electron chi connectivity index (χ1n) is 10.9. The molecule has 0 aliphatic carbocycles. The SMILES string of the molecule is CCNC(=NCC(=O)N(C)CCc1ccccn1)NCCc1cccc(C(=O)N(C)C)c1.I. The molecule has 1 heterocycles. The Morgan fingerprint density at radius 1 is 1.03 bits per heavy atom. The summed E-state index contributed by atoms with van der Waals surface area (Å²) in [5, 5.41) is 6.42. The molecule has 2 rings (SSSR count). The summed E-state index contributed by atoms with van der Waals surface area (Å²) >= 11 is 0. The van der Waals surface area contributed by atoms with Crippen LogP contribution < -0.4 is 10.6 Å². The van der Waals surface area contributed by atoms with E-state index in [2.05, 4.69) is 20.6 Å². The van der Waals surface area contributed by atoms with Crippen molar-refractivity contribution in [2.24, 2.45) is 4.99 Å². The third-order valence-corrected chi connectivity index (χ3v) is 4.86. The average molecular weight is 566 g/mol. The monoisotopic (exact) mass is 566 g/mol. The van der Waals surface area contributed by atoms with Crippen LogP contribution in [0.25, 0.3) is 0 Å². The Morgan fingerprint density at radius 3 is 2.48 bits per heavy atom. The maximum absolute atomic E-state index is 12.4. The van der Waals surface area contributed by atoms with Gasteiger partial charge >= 0.3 is 0 Å². The Labute approximate surface area is 213 Å². The molecular weight excluding hydrogens is 531 g/mol. The van der Waals surface area contributed by atoms with Crippen LogP contribution in [0.4, 0.5) is 0 Å². The summed E-state index contributed by atoms with van der Waals surface area (Å²) in [6.45, 7) is 3.98. The number of halogens is 1. The molecular formula is C24H35IN6O2. The predicted molar refractivity (Wildman–Crippen MR) is 143 cm³/mol. The van der Waals surface area contributed by atoms with Crippen LogP contribution >= 0.6 is 24.0 Å².